The van der Waals surface area contributed by atoms with Crippen LogP contribution in [-0.2, 0) is 0 Å². The van der Waals surface area contributed by atoms with Crippen molar-refractivity contribution >= 4 is 36.2 Å². The second-order valence-electron chi connectivity index (χ2n) is 11.9. The molecule has 5 N–H and O–H groups in total. The number of fused-ring (bicyclic) bond motifs is 5. The molecule has 0 heterocycles. The van der Waals surface area contributed by atoms with E-state index < -0.39 is 5.60 Å². The molecule has 0 amide bonds. The molecule has 0 aromatic heterocycles. The molecular weight excluding hydrogens is 529 g/mol. The molecular formula is C25H46IN5O2. The molecule has 4 fully saturated rings. The summed E-state index contributed by atoms with van der Waals surface area (Å²) in [4.78, 5) is 2.07. The summed E-state index contributed by atoms with van der Waals surface area (Å²) in [6, 6.07) is 0. The molecule has 8 heteroatoms. The highest BCUT2D eigenvalue weighted by Gasteiger charge is 2.66. The maximum absolute atomic E-state index is 12.2. The number of aliphatic hydroxyl groups excluding tert-OH is 1. The van der Waals surface area contributed by atoms with Crippen molar-refractivity contribution in [2.24, 2.45) is 39.6 Å². The van der Waals surface area contributed by atoms with E-state index in [0.29, 0.717) is 24.3 Å². The first-order valence-corrected chi connectivity index (χ1v) is 12.8. The van der Waals surface area contributed by atoms with Crippen molar-refractivity contribution in [3.05, 3.63) is 0 Å². The molecule has 0 bridgehead atoms. The van der Waals surface area contributed by atoms with Gasteiger partial charge in [-0.25, -0.2) is 5.43 Å². The van der Waals surface area contributed by atoms with Crippen LogP contribution in [0.2, 0.25) is 0 Å². The van der Waals surface area contributed by atoms with Crippen molar-refractivity contribution < 1.29 is 10.2 Å². The number of hydrogen-bond acceptors (Lipinski definition) is 5. The number of aliphatic hydroxyl groups is 2. The average molecular weight is 576 g/mol. The Kier molecular flexibility index (Phi) is 8.45. The summed E-state index contributed by atoms with van der Waals surface area (Å²) in [7, 11) is 4.02. The van der Waals surface area contributed by atoms with Crippen LogP contribution in [0.25, 0.3) is 0 Å². The molecule has 0 aromatic carbocycles. The van der Waals surface area contributed by atoms with Gasteiger partial charge < -0.3 is 20.4 Å². The minimum absolute atomic E-state index is 0. The number of halogens is 1. The summed E-state index contributed by atoms with van der Waals surface area (Å²) >= 11 is 0. The quantitative estimate of drug-likeness (QED) is 0.150. The maximum atomic E-state index is 12.2. The number of rotatable bonds is 5. The summed E-state index contributed by atoms with van der Waals surface area (Å²) in [5, 5.41) is 37.8. The van der Waals surface area contributed by atoms with Gasteiger partial charge in [0.05, 0.1) is 11.7 Å². The molecule has 4 aliphatic rings. The van der Waals surface area contributed by atoms with Gasteiger partial charge in [-0.3, -0.25) is 5.41 Å². The predicted octanol–water partition coefficient (Wildman–Crippen LogP) is 3.40. The van der Waals surface area contributed by atoms with Gasteiger partial charge in [-0.2, -0.15) is 5.10 Å². The third kappa shape index (κ3) is 4.83. The number of hydrogen-bond donors (Lipinski definition) is 5. The summed E-state index contributed by atoms with van der Waals surface area (Å²) < 4.78 is 0. The number of guanidine groups is 1. The first kappa shape index (κ1) is 27.1. The topological polar surface area (TPSA) is 104 Å². The van der Waals surface area contributed by atoms with Gasteiger partial charge in [0, 0.05) is 30.6 Å². The Balaban J connectivity index is 0.00000306. The van der Waals surface area contributed by atoms with Crippen molar-refractivity contribution in [3.8, 4) is 0 Å². The Labute approximate surface area is 217 Å². The minimum Gasteiger partial charge on any atom is -0.393 e. The van der Waals surface area contributed by atoms with Crippen LogP contribution >= 0.6 is 24.0 Å². The van der Waals surface area contributed by atoms with Gasteiger partial charge in [-0.15, -0.1) is 24.0 Å². The fourth-order valence-electron chi connectivity index (χ4n) is 8.12. The van der Waals surface area contributed by atoms with Gasteiger partial charge in [0.15, 0.2) is 0 Å². The van der Waals surface area contributed by atoms with Crippen molar-refractivity contribution in [1.29, 1.82) is 5.41 Å². The summed E-state index contributed by atoms with van der Waals surface area (Å²) in [5.74, 6) is 1.98. The fraction of sp³-hybridized carbons (Fsp3) is 0.920. The van der Waals surface area contributed by atoms with E-state index >= 15 is 0 Å². The molecule has 33 heavy (non-hydrogen) atoms. The zero-order valence-corrected chi connectivity index (χ0v) is 23.3. The smallest absolute Gasteiger partial charge is 0.209 e. The first-order chi connectivity index (χ1) is 15.1. The van der Waals surface area contributed by atoms with Crippen LogP contribution < -0.4 is 10.7 Å². The van der Waals surface area contributed by atoms with Crippen molar-refractivity contribution in [1.82, 2.24) is 15.6 Å². The monoisotopic (exact) mass is 575 g/mol. The van der Waals surface area contributed by atoms with E-state index in [2.05, 4.69) is 34.6 Å². The van der Waals surface area contributed by atoms with Crippen LogP contribution in [0, 0.1) is 39.9 Å². The molecule has 0 unspecified atom stereocenters. The number of nitrogens with one attached hydrogen (secondary N) is 3. The van der Waals surface area contributed by atoms with E-state index in [1.807, 2.05) is 20.3 Å². The Morgan fingerprint density at radius 2 is 1.85 bits per heavy atom. The average Bonchev–Trinajstić information content (AvgIpc) is 2.99. The molecule has 0 spiro atoms. The van der Waals surface area contributed by atoms with Gasteiger partial charge >= 0.3 is 0 Å². The zero-order valence-electron chi connectivity index (χ0n) is 20.9. The SMILES string of the molecule is CN(C)CCNC(=N)N/N=C/[C@H]1CC[C@]2(O)[C@@H]3CC[C@@H]4C[C@@H](O)CC[C@]4(C)[C@H]3CC[C@]12C.I. The summed E-state index contributed by atoms with van der Waals surface area (Å²) in [6.07, 6.45) is 11.1. The van der Waals surface area contributed by atoms with Gasteiger partial charge in [0.25, 0.3) is 0 Å². The molecule has 0 aliphatic heterocycles. The van der Waals surface area contributed by atoms with Gasteiger partial charge in [-0.05, 0) is 95.1 Å². The van der Waals surface area contributed by atoms with Gasteiger partial charge in [-0.1, -0.05) is 13.8 Å². The van der Waals surface area contributed by atoms with E-state index in [0.717, 1.165) is 57.9 Å². The lowest BCUT2D eigenvalue weighted by Gasteiger charge is -2.63. The summed E-state index contributed by atoms with van der Waals surface area (Å²) in [6.45, 7) is 6.31. The van der Waals surface area contributed by atoms with Crippen molar-refractivity contribution in [2.45, 2.75) is 83.3 Å². The molecule has 0 saturated heterocycles. The molecule has 190 valence electrons. The van der Waals surface area contributed by atoms with Crippen LogP contribution in [0.3, 0.4) is 0 Å². The van der Waals surface area contributed by atoms with E-state index in [-0.39, 0.29) is 52.8 Å². The van der Waals surface area contributed by atoms with Crippen molar-refractivity contribution in [3.63, 3.8) is 0 Å². The Morgan fingerprint density at radius 3 is 2.58 bits per heavy atom. The number of hydrazone groups is 1. The lowest BCUT2D eigenvalue weighted by atomic mass is 9.43. The highest BCUT2D eigenvalue weighted by Crippen LogP contribution is 2.68. The Bertz CT molecular complexity index is 736. The van der Waals surface area contributed by atoms with Crippen LogP contribution in [0.15, 0.2) is 5.10 Å². The van der Waals surface area contributed by atoms with E-state index in [9.17, 15) is 10.2 Å². The zero-order chi connectivity index (χ0) is 23.1. The maximum Gasteiger partial charge on any atom is 0.209 e. The lowest BCUT2D eigenvalue weighted by molar-refractivity contribution is -0.206. The molecule has 8 atom stereocenters. The highest BCUT2D eigenvalue weighted by atomic mass is 127. The standard InChI is InChI=1S/C25H45N5O2.HI/c1-23-10-8-19(31)15-17(23)5-6-21-20(23)9-11-24(2)18(7-12-25(21,24)32)16-28-29-22(26)27-13-14-30(3)4;/h16-21,31-32H,5-15H2,1-4H3,(H3,26,27,29);1H/b28-16+;/t17-,18-,19+,20+,21-,23+,24-,25+;/m1./s1. The molecule has 4 rings (SSSR count). The van der Waals surface area contributed by atoms with Crippen LogP contribution in [0.1, 0.15) is 71.6 Å². The second kappa shape index (κ2) is 10.3. The molecule has 0 aromatic rings. The van der Waals surface area contributed by atoms with Gasteiger partial charge in [0.2, 0.25) is 5.96 Å². The lowest BCUT2D eigenvalue weighted by Crippen LogP contribution is -2.62. The highest BCUT2D eigenvalue weighted by molar-refractivity contribution is 14.0. The van der Waals surface area contributed by atoms with E-state index in [1.54, 1.807) is 0 Å². The van der Waals surface area contributed by atoms with Crippen LogP contribution in [-0.4, -0.2) is 66.2 Å². The van der Waals surface area contributed by atoms with Gasteiger partial charge in [0.1, 0.15) is 0 Å². The number of likely N-dealkylation sites (N-methyl/N-ethyl adjacent to an activating group) is 1. The predicted molar refractivity (Wildman–Crippen MR) is 144 cm³/mol. The summed E-state index contributed by atoms with van der Waals surface area (Å²) in [5.41, 5.74) is 2.31. The third-order valence-electron chi connectivity index (χ3n) is 10.2. The fourth-order valence-corrected chi connectivity index (χ4v) is 8.12. The normalized spacial score (nSPS) is 44.5. The Morgan fingerprint density at radius 1 is 1.09 bits per heavy atom. The molecule has 4 aliphatic carbocycles. The van der Waals surface area contributed by atoms with Crippen molar-refractivity contribution in [2.75, 3.05) is 27.2 Å². The molecule has 0 radical (unpaired) electrons. The van der Waals surface area contributed by atoms with E-state index in [1.165, 1.54) is 6.42 Å². The first-order valence-electron chi connectivity index (χ1n) is 12.8. The number of nitrogens with zero attached hydrogens (tertiary/aromatic N) is 2. The second-order valence-corrected chi connectivity index (χ2v) is 11.9. The Hall–Kier alpha value is -0.450. The van der Waals surface area contributed by atoms with E-state index in [4.69, 9.17) is 5.41 Å². The minimum atomic E-state index is -0.631. The third-order valence-corrected chi connectivity index (χ3v) is 10.2. The largest absolute Gasteiger partial charge is 0.393 e. The molecule has 4 saturated carbocycles. The molecule has 7 nitrogen and oxygen atoms in total. The van der Waals surface area contributed by atoms with Crippen LogP contribution in [0.5, 0.6) is 0 Å². The van der Waals surface area contributed by atoms with Crippen LogP contribution in [0.4, 0.5) is 0 Å².